The second kappa shape index (κ2) is 7.23. The quantitative estimate of drug-likeness (QED) is 0.496. The minimum absolute atomic E-state index is 0.0355. The van der Waals surface area contributed by atoms with Gasteiger partial charge in [0.2, 0.25) is 4.80 Å². The highest BCUT2D eigenvalue weighted by Gasteiger charge is 2.11. The van der Waals surface area contributed by atoms with Crippen molar-refractivity contribution >= 4 is 17.2 Å². The molecule has 1 aromatic heterocycles. The Morgan fingerprint density at radius 3 is 2.72 bits per heavy atom. The van der Waals surface area contributed by atoms with Crippen LogP contribution in [0, 0.1) is 6.92 Å². The fraction of sp³-hybridized carbons (Fsp3) is 0.111. The van der Waals surface area contributed by atoms with Crippen molar-refractivity contribution in [3.05, 3.63) is 75.5 Å². The molecule has 3 rings (SSSR count). The molecule has 2 aromatic carbocycles. The number of thiazole rings is 1. The summed E-state index contributed by atoms with van der Waals surface area (Å²) in [6, 6.07) is 13.7. The third kappa shape index (κ3) is 3.89. The molecule has 0 radical (unpaired) electrons. The van der Waals surface area contributed by atoms with Crippen molar-refractivity contribution in [2.45, 2.75) is 13.5 Å². The van der Waals surface area contributed by atoms with E-state index in [0.29, 0.717) is 11.3 Å². The number of amides is 1. The third-order valence-electron chi connectivity index (χ3n) is 3.65. The third-order valence-corrected chi connectivity index (χ3v) is 4.63. The van der Waals surface area contributed by atoms with Gasteiger partial charge in [-0.1, -0.05) is 30.3 Å². The average Bonchev–Trinajstić information content (AvgIpc) is 2.96. The number of phenols is 2. The Morgan fingerprint density at radius 1 is 1.20 bits per heavy atom. The molecule has 128 valence electrons. The molecule has 6 nitrogen and oxygen atoms in total. The maximum Gasteiger partial charge on any atom is 0.275 e. The van der Waals surface area contributed by atoms with Crippen LogP contribution in [0.25, 0.3) is 0 Å². The van der Waals surface area contributed by atoms with Gasteiger partial charge in [-0.25, -0.2) is 5.43 Å². The van der Waals surface area contributed by atoms with Gasteiger partial charge in [-0.15, -0.1) is 16.4 Å². The number of nitrogens with one attached hydrogen (secondary N) is 1. The van der Waals surface area contributed by atoms with Crippen LogP contribution in [0.1, 0.15) is 21.6 Å². The highest BCUT2D eigenvalue weighted by atomic mass is 32.1. The van der Waals surface area contributed by atoms with Crippen molar-refractivity contribution in [3.8, 4) is 11.5 Å². The summed E-state index contributed by atoms with van der Waals surface area (Å²) in [5.41, 5.74) is 4.55. The molecule has 7 heteroatoms. The molecule has 0 saturated carbocycles. The smallest absolute Gasteiger partial charge is 0.275 e. The van der Waals surface area contributed by atoms with E-state index < -0.39 is 5.91 Å². The highest BCUT2D eigenvalue weighted by Crippen LogP contribution is 2.21. The maximum atomic E-state index is 12.2. The predicted octanol–water partition coefficient (Wildman–Crippen LogP) is 2.56. The average molecular weight is 355 g/mol. The van der Waals surface area contributed by atoms with Gasteiger partial charge in [-0.05, 0) is 30.7 Å². The normalized spacial score (nSPS) is 11.5. The lowest BCUT2D eigenvalue weighted by molar-refractivity contribution is 0.0950. The molecular weight excluding hydrogens is 338 g/mol. The van der Waals surface area contributed by atoms with E-state index in [1.807, 2.05) is 47.2 Å². The van der Waals surface area contributed by atoms with Gasteiger partial charge in [-0.3, -0.25) is 4.79 Å². The first-order valence-corrected chi connectivity index (χ1v) is 8.47. The molecule has 0 bridgehead atoms. The largest absolute Gasteiger partial charge is 0.508 e. The summed E-state index contributed by atoms with van der Waals surface area (Å²) in [5, 5.41) is 25.3. The van der Waals surface area contributed by atoms with E-state index in [2.05, 4.69) is 10.5 Å². The van der Waals surface area contributed by atoms with Crippen molar-refractivity contribution in [1.82, 2.24) is 9.99 Å². The lowest BCUT2D eigenvalue weighted by atomic mass is 10.2. The number of aromatic hydroxyl groups is 2. The first-order chi connectivity index (χ1) is 12.0. The van der Waals surface area contributed by atoms with Crippen LogP contribution in [-0.4, -0.2) is 20.7 Å². The lowest BCUT2D eigenvalue weighted by Crippen LogP contribution is -2.25. The van der Waals surface area contributed by atoms with Gasteiger partial charge >= 0.3 is 0 Å². The number of hydrogen-bond acceptors (Lipinski definition) is 5. The Morgan fingerprint density at radius 2 is 1.96 bits per heavy atom. The van der Waals surface area contributed by atoms with Crippen LogP contribution in [-0.2, 0) is 6.54 Å². The number of nitrogens with zero attached hydrogens (tertiary/aromatic N) is 2. The molecule has 0 unspecified atom stereocenters. The second-order valence-electron chi connectivity index (χ2n) is 5.49. The Bertz CT molecular complexity index is 961. The van der Waals surface area contributed by atoms with Crippen LogP contribution in [0.3, 0.4) is 0 Å². The maximum absolute atomic E-state index is 12.2. The molecule has 1 amide bonds. The van der Waals surface area contributed by atoms with E-state index in [1.54, 1.807) is 0 Å². The second-order valence-corrected chi connectivity index (χ2v) is 6.32. The van der Waals surface area contributed by atoms with Crippen LogP contribution in [0.15, 0.2) is 59.0 Å². The highest BCUT2D eigenvalue weighted by molar-refractivity contribution is 7.07. The zero-order chi connectivity index (χ0) is 17.8. The van der Waals surface area contributed by atoms with E-state index >= 15 is 0 Å². The number of phenolic OH excluding ortho intramolecular Hbond substituents is 2. The number of hydrogen-bond donors (Lipinski definition) is 3. The summed E-state index contributed by atoms with van der Waals surface area (Å²) in [5.74, 6) is -0.912. The van der Waals surface area contributed by atoms with Gasteiger partial charge in [0, 0.05) is 11.1 Å². The van der Waals surface area contributed by atoms with Crippen LogP contribution < -0.4 is 10.2 Å². The first kappa shape index (κ1) is 16.8. The van der Waals surface area contributed by atoms with Crippen LogP contribution in [0.5, 0.6) is 11.5 Å². The first-order valence-electron chi connectivity index (χ1n) is 7.59. The molecule has 0 saturated heterocycles. The number of aromatic nitrogens is 1. The van der Waals surface area contributed by atoms with Gasteiger partial charge < -0.3 is 14.8 Å². The van der Waals surface area contributed by atoms with Crippen molar-refractivity contribution < 1.29 is 15.0 Å². The van der Waals surface area contributed by atoms with Gasteiger partial charge in [0.25, 0.3) is 5.91 Å². The Labute approximate surface area is 148 Å². The van der Waals surface area contributed by atoms with E-state index in [1.165, 1.54) is 29.5 Å². The Hall–Kier alpha value is -3.06. The summed E-state index contributed by atoms with van der Waals surface area (Å²) < 4.78 is 1.99. The molecular formula is C18H17N3O3S. The Kier molecular flexibility index (Phi) is 4.85. The molecule has 0 fully saturated rings. The minimum atomic E-state index is -0.592. The van der Waals surface area contributed by atoms with Gasteiger partial charge in [0.1, 0.15) is 11.5 Å². The molecule has 25 heavy (non-hydrogen) atoms. The van der Waals surface area contributed by atoms with Gasteiger partial charge in [-0.2, -0.15) is 0 Å². The van der Waals surface area contributed by atoms with Crippen molar-refractivity contribution in [2.24, 2.45) is 5.10 Å². The summed E-state index contributed by atoms with van der Waals surface area (Å²) in [6.45, 7) is 2.61. The molecule has 1 heterocycles. The molecule has 3 N–H and O–H groups in total. The van der Waals surface area contributed by atoms with E-state index in [-0.39, 0.29) is 17.1 Å². The summed E-state index contributed by atoms with van der Waals surface area (Å²) in [6.07, 6.45) is 0. The lowest BCUT2D eigenvalue weighted by Gasteiger charge is -2.07. The monoisotopic (exact) mass is 355 g/mol. The summed E-state index contributed by atoms with van der Waals surface area (Å²) in [4.78, 5) is 12.8. The molecule has 0 aliphatic carbocycles. The predicted molar refractivity (Wildman–Crippen MR) is 95.4 cm³/mol. The number of benzene rings is 2. The number of rotatable bonds is 4. The van der Waals surface area contributed by atoms with Crippen molar-refractivity contribution in [1.29, 1.82) is 0 Å². The standard InChI is InChI=1S/C18H17N3O3S/c1-12-11-25-18(21(12)10-13-5-3-2-4-6-13)20-19-17(24)15-9-14(22)7-8-16(15)23/h2-9,11,22-23H,10H2,1H3,(H,19,24)/b20-18+. The van der Waals surface area contributed by atoms with Crippen LogP contribution >= 0.6 is 11.3 Å². The number of carbonyl (C=O) groups excluding carboxylic acids is 1. The fourth-order valence-electron chi connectivity index (χ4n) is 2.33. The van der Waals surface area contributed by atoms with Gasteiger partial charge in [0.05, 0.1) is 12.1 Å². The molecule has 0 aliphatic rings. The van der Waals surface area contributed by atoms with Gasteiger partial charge in [0.15, 0.2) is 0 Å². The van der Waals surface area contributed by atoms with Crippen LogP contribution in [0.4, 0.5) is 0 Å². The molecule has 0 atom stereocenters. The van der Waals surface area contributed by atoms with E-state index in [9.17, 15) is 15.0 Å². The Balaban J connectivity index is 1.85. The van der Waals surface area contributed by atoms with Crippen molar-refractivity contribution in [3.63, 3.8) is 0 Å². The summed E-state index contributed by atoms with van der Waals surface area (Å²) in [7, 11) is 0. The van der Waals surface area contributed by atoms with Crippen LogP contribution in [0.2, 0.25) is 0 Å². The van der Waals surface area contributed by atoms with E-state index in [0.717, 1.165) is 11.3 Å². The number of carbonyl (C=O) groups is 1. The van der Waals surface area contributed by atoms with Crippen molar-refractivity contribution in [2.75, 3.05) is 0 Å². The zero-order valence-electron chi connectivity index (χ0n) is 13.5. The number of aryl methyl sites for hydroxylation is 1. The van der Waals surface area contributed by atoms with E-state index in [4.69, 9.17) is 0 Å². The molecule has 0 spiro atoms. The SMILES string of the molecule is Cc1cs/c(=N/NC(=O)c2cc(O)ccc2O)n1Cc1ccccc1. The minimum Gasteiger partial charge on any atom is -0.508 e. The summed E-state index contributed by atoms with van der Waals surface area (Å²) >= 11 is 1.41. The topological polar surface area (TPSA) is 86.8 Å². The fourth-order valence-corrected chi connectivity index (χ4v) is 3.16. The molecule has 0 aliphatic heterocycles. The molecule has 3 aromatic rings. The zero-order valence-corrected chi connectivity index (χ0v) is 14.3.